The van der Waals surface area contributed by atoms with E-state index in [0.717, 1.165) is 49.1 Å². The van der Waals surface area contributed by atoms with Crippen LogP contribution in [0.2, 0.25) is 0 Å². The molecule has 4 atom stereocenters. The van der Waals surface area contributed by atoms with Gasteiger partial charge in [0.15, 0.2) is 5.69 Å². The van der Waals surface area contributed by atoms with Crippen molar-refractivity contribution in [3.63, 3.8) is 0 Å². The molecule has 2 bridgehead atoms. The number of ether oxygens (including phenoxy) is 1. The van der Waals surface area contributed by atoms with Crippen LogP contribution < -0.4 is 5.32 Å². The predicted octanol–water partition coefficient (Wildman–Crippen LogP) is 5.68. The number of amides is 1. The van der Waals surface area contributed by atoms with E-state index in [4.69, 9.17) is 14.3 Å². The van der Waals surface area contributed by atoms with E-state index in [9.17, 15) is 9.59 Å². The molecule has 1 amide bonds. The summed E-state index contributed by atoms with van der Waals surface area (Å²) in [5, 5.41) is 12.2. The minimum absolute atomic E-state index is 0.00308. The lowest BCUT2D eigenvalue weighted by Gasteiger charge is -2.26. The monoisotopic (exact) mass is 508 g/mol. The number of nitrogens with zero attached hydrogens (tertiary/aromatic N) is 1. The van der Waals surface area contributed by atoms with Crippen molar-refractivity contribution in [2.75, 3.05) is 6.54 Å². The molecule has 37 heavy (non-hydrogen) atoms. The van der Waals surface area contributed by atoms with Crippen molar-refractivity contribution < 1.29 is 23.8 Å². The highest BCUT2D eigenvalue weighted by Gasteiger charge is 2.51. The standard InChI is InChI=1S/C30H40N2O5/c33-27(34)16-13-21-11-4-5-12-22(21)18-23-25-14-15-26(37-25)28(23)30-32-24(19-36-30)29(35)31-17-7-6-10-20-8-2-1-3-9-20/h4-5,11-12,19-20,23,25-26,28H,1-3,6-10,13-18H2,(H,31,35)(H,33,34)/t23-,25+,26-,28-/m1/s1. The lowest BCUT2D eigenvalue weighted by atomic mass is 9.75. The highest BCUT2D eigenvalue weighted by atomic mass is 16.5. The van der Waals surface area contributed by atoms with E-state index in [1.54, 1.807) is 0 Å². The van der Waals surface area contributed by atoms with Gasteiger partial charge in [-0.25, -0.2) is 4.98 Å². The fourth-order valence-electron chi connectivity index (χ4n) is 6.74. The molecule has 0 radical (unpaired) electrons. The van der Waals surface area contributed by atoms with Crippen molar-refractivity contribution in [1.29, 1.82) is 0 Å². The molecule has 2 N–H and O–H groups in total. The quantitative estimate of drug-likeness (QED) is 0.358. The topological polar surface area (TPSA) is 102 Å². The van der Waals surface area contributed by atoms with Gasteiger partial charge in [-0.05, 0) is 49.1 Å². The van der Waals surface area contributed by atoms with Crippen molar-refractivity contribution in [1.82, 2.24) is 10.3 Å². The van der Waals surface area contributed by atoms with Crippen LogP contribution in [0.3, 0.4) is 0 Å². The lowest BCUT2D eigenvalue weighted by Crippen LogP contribution is -2.28. The van der Waals surface area contributed by atoms with Crippen molar-refractivity contribution in [3.05, 3.63) is 53.2 Å². The van der Waals surface area contributed by atoms with Gasteiger partial charge in [0, 0.05) is 18.9 Å². The number of carboxylic acid groups (broad SMARTS) is 1. The number of carboxylic acids is 1. The molecule has 3 heterocycles. The fourth-order valence-corrected chi connectivity index (χ4v) is 6.74. The van der Waals surface area contributed by atoms with Gasteiger partial charge in [0.1, 0.15) is 6.26 Å². The molecule has 1 aliphatic carbocycles. The summed E-state index contributed by atoms with van der Waals surface area (Å²) >= 11 is 0. The summed E-state index contributed by atoms with van der Waals surface area (Å²) < 4.78 is 12.2. The average molecular weight is 509 g/mol. The molecule has 1 aromatic heterocycles. The summed E-state index contributed by atoms with van der Waals surface area (Å²) in [5.74, 6) is 0.701. The molecule has 2 saturated heterocycles. The second-order valence-corrected chi connectivity index (χ2v) is 11.2. The Balaban J connectivity index is 1.17. The van der Waals surface area contributed by atoms with Crippen LogP contribution >= 0.6 is 0 Å². The Labute approximate surface area is 219 Å². The molecular weight excluding hydrogens is 468 g/mol. The molecule has 3 aliphatic rings. The van der Waals surface area contributed by atoms with Crippen LogP contribution in [0.1, 0.15) is 104 Å². The van der Waals surface area contributed by atoms with E-state index in [1.807, 2.05) is 18.2 Å². The highest BCUT2D eigenvalue weighted by Crippen LogP contribution is 2.50. The fraction of sp³-hybridized carbons (Fsp3) is 0.633. The van der Waals surface area contributed by atoms with Crippen LogP contribution in [0.15, 0.2) is 34.9 Å². The van der Waals surface area contributed by atoms with Crippen molar-refractivity contribution in [3.8, 4) is 0 Å². The van der Waals surface area contributed by atoms with Gasteiger partial charge in [0.25, 0.3) is 5.91 Å². The van der Waals surface area contributed by atoms with E-state index in [1.165, 1.54) is 44.8 Å². The number of aryl methyl sites for hydroxylation is 1. The molecule has 2 aliphatic heterocycles. The number of fused-ring (bicyclic) bond motifs is 2. The minimum Gasteiger partial charge on any atom is -0.481 e. The molecule has 0 spiro atoms. The first kappa shape index (κ1) is 26.0. The molecule has 5 rings (SSSR count). The Hall–Kier alpha value is -2.67. The minimum atomic E-state index is -0.786. The average Bonchev–Trinajstić information content (AvgIpc) is 3.65. The number of hydrogen-bond donors (Lipinski definition) is 2. The van der Waals surface area contributed by atoms with Crippen molar-refractivity contribution in [2.24, 2.45) is 11.8 Å². The van der Waals surface area contributed by atoms with Crippen LogP contribution in [0, 0.1) is 11.8 Å². The molecule has 0 unspecified atom stereocenters. The van der Waals surface area contributed by atoms with E-state index in [-0.39, 0.29) is 36.4 Å². The predicted molar refractivity (Wildman–Crippen MR) is 139 cm³/mol. The Bertz CT molecular complexity index is 1060. The molecule has 1 aromatic carbocycles. The lowest BCUT2D eigenvalue weighted by molar-refractivity contribution is -0.136. The summed E-state index contributed by atoms with van der Waals surface area (Å²) in [6.45, 7) is 0.667. The zero-order valence-corrected chi connectivity index (χ0v) is 21.7. The van der Waals surface area contributed by atoms with Crippen LogP contribution in [-0.4, -0.2) is 40.7 Å². The van der Waals surface area contributed by atoms with Crippen LogP contribution in [0.4, 0.5) is 0 Å². The number of carbonyl (C=O) groups excluding carboxylic acids is 1. The SMILES string of the molecule is O=C(O)CCc1ccccc1C[C@H]1[C@@H](c2nc(C(=O)NCCCCC3CCCCC3)co2)[C@H]2CC[C@@H]1O2. The Morgan fingerprint density at radius 3 is 2.59 bits per heavy atom. The summed E-state index contributed by atoms with van der Waals surface area (Å²) in [7, 11) is 0. The van der Waals surface area contributed by atoms with Gasteiger partial charge >= 0.3 is 5.97 Å². The Kier molecular flexibility index (Phi) is 8.59. The first-order chi connectivity index (χ1) is 18.1. The van der Waals surface area contributed by atoms with Gasteiger partial charge in [-0.2, -0.15) is 0 Å². The third kappa shape index (κ3) is 6.43. The zero-order chi connectivity index (χ0) is 25.6. The number of nitrogens with one attached hydrogen (secondary N) is 1. The second-order valence-electron chi connectivity index (χ2n) is 11.2. The Morgan fingerprint density at radius 2 is 1.78 bits per heavy atom. The molecular formula is C30H40N2O5. The number of benzene rings is 1. The number of aliphatic carboxylic acids is 1. The van der Waals surface area contributed by atoms with Gasteiger partial charge in [0.2, 0.25) is 5.89 Å². The largest absolute Gasteiger partial charge is 0.481 e. The molecule has 3 fully saturated rings. The zero-order valence-electron chi connectivity index (χ0n) is 21.7. The second kappa shape index (κ2) is 12.2. The third-order valence-corrected chi connectivity index (χ3v) is 8.70. The molecule has 1 saturated carbocycles. The summed E-state index contributed by atoms with van der Waals surface area (Å²) in [5.41, 5.74) is 2.57. The van der Waals surface area contributed by atoms with E-state index in [2.05, 4.69) is 16.4 Å². The van der Waals surface area contributed by atoms with Crippen molar-refractivity contribution in [2.45, 2.75) is 102 Å². The molecule has 2 aromatic rings. The summed E-state index contributed by atoms with van der Waals surface area (Å²) in [6, 6.07) is 8.07. The van der Waals surface area contributed by atoms with Crippen LogP contribution in [-0.2, 0) is 22.4 Å². The number of oxazole rings is 1. The first-order valence-corrected chi connectivity index (χ1v) is 14.3. The van der Waals surface area contributed by atoms with Gasteiger partial charge in [-0.3, -0.25) is 9.59 Å². The highest BCUT2D eigenvalue weighted by molar-refractivity contribution is 5.91. The van der Waals surface area contributed by atoms with E-state index in [0.29, 0.717) is 24.6 Å². The van der Waals surface area contributed by atoms with Crippen molar-refractivity contribution >= 4 is 11.9 Å². The number of carbonyl (C=O) groups is 2. The van der Waals surface area contributed by atoms with Crippen LogP contribution in [0.5, 0.6) is 0 Å². The van der Waals surface area contributed by atoms with Gasteiger partial charge < -0.3 is 19.6 Å². The van der Waals surface area contributed by atoms with E-state index < -0.39 is 5.97 Å². The number of hydrogen-bond acceptors (Lipinski definition) is 5. The smallest absolute Gasteiger partial charge is 0.303 e. The molecule has 7 heteroatoms. The maximum atomic E-state index is 12.7. The van der Waals surface area contributed by atoms with Gasteiger partial charge in [0.05, 0.1) is 18.1 Å². The van der Waals surface area contributed by atoms with E-state index >= 15 is 0 Å². The maximum absolute atomic E-state index is 12.7. The van der Waals surface area contributed by atoms with Crippen LogP contribution in [0.25, 0.3) is 0 Å². The normalized spacial score (nSPS) is 25.4. The number of rotatable bonds is 12. The molecule has 200 valence electrons. The van der Waals surface area contributed by atoms with Gasteiger partial charge in [-0.1, -0.05) is 69.2 Å². The number of aromatic nitrogens is 1. The maximum Gasteiger partial charge on any atom is 0.303 e. The third-order valence-electron chi connectivity index (χ3n) is 8.70. The number of unbranched alkanes of at least 4 members (excludes halogenated alkanes) is 1. The summed E-state index contributed by atoms with van der Waals surface area (Å²) in [4.78, 5) is 28.5. The van der Waals surface area contributed by atoms with Gasteiger partial charge in [-0.15, -0.1) is 0 Å². The molecule has 7 nitrogen and oxygen atoms in total. The first-order valence-electron chi connectivity index (χ1n) is 14.3. The Morgan fingerprint density at radius 1 is 1.00 bits per heavy atom. The summed E-state index contributed by atoms with van der Waals surface area (Å²) in [6.07, 6.45) is 15.4.